The molecule has 0 amide bonds. The Bertz CT molecular complexity index is 200. The van der Waals surface area contributed by atoms with E-state index in [1.807, 2.05) is 0 Å². The lowest BCUT2D eigenvalue weighted by Gasteiger charge is -2.42. The highest BCUT2D eigenvalue weighted by molar-refractivity contribution is 6.95. The molecule has 1 aliphatic heterocycles. The molecule has 0 bridgehead atoms. The van der Waals surface area contributed by atoms with E-state index < -0.39 is 16.5 Å². The minimum atomic E-state index is -1.02. The van der Waals surface area contributed by atoms with Crippen LogP contribution in [-0.2, 0) is 0 Å². The Balaban J connectivity index is 2.82. The molecule has 0 saturated carbocycles. The second kappa shape index (κ2) is 3.46. The van der Waals surface area contributed by atoms with Gasteiger partial charge in [0.2, 0.25) is 0 Å². The summed E-state index contributed by atoms with van der Waals surface area (Å²) in [7, 11) is -2.04. The molecule has 1 heterocycles. The average molecular weight is 230 g/mol. The Kier molecular flexibility index (Phi) is 3.08. The summed E-state index contributed by atoms with van der Waals surface area (Å²) in [5, 5.41) is 0. The minimum absolute atomic E-state index is 0.471. The second-order valence-electron chi connectivity index (χ2n) is 7.27. The standard InChI is InChI=1S/C11H27NSi2/c1-11(2,3)10-12-13(4,5)8-9-14(12,6)7/h8-10H2,1-7H3. The van der Waals surface area contributed by atoms with Gasteiger partial charge in [-0.25, -0.2) is 0 Å². The van der Waals surface area contributed by atoms with Crippen LogP contribution < -0.4 is 0 Å². The molecule has 0 N–H and O–H groups in total. The molecular formula is C11H27NSi2. The molecule has 1 nitrogen and oxygen atoms in total. The molecule has 0 radical (unpaired) electrons. The summed E-state index contributed by atoms with van der Waals surface area (Å²) in [5.41, 5.74) is 0.471. The molecule has 84 valence electrons. The summed E-state index contributed by atoms with van der Waals surface area (Å²) in [5.74, 6) is 0. The zero-order valence-electron chi connectivity index (χ0n) is 11.1. The highest BCUT2D eigenvalue weighted by Gasteiger charge is 2.47. The van der Waals surface area contributed by atoms with Gasteiger partial charge in [0.15, 0.2) is 0 Å². The number of hydrogen-bond acceptors (Lipinski definition) is 1. The van der Waals surface area contributed by atoms with Crippen LogP contribution in [0, 0.1) is 5.41 Å². The van der Waals surface area contributed by atoms with Crippen LogP contribution in [0.3, 0.4) is 0 Å². The summed E-state index contributed by atoms with van der Waals surface area (Å²) in [4.78, 5) is 0. The normalized spacial score (nSPS) is 26.8. The lowest BCUT2D eigenvalue weighted by molar-refractivity contribution is 0.346. The van der Waals surface area contributed by atoms with E-state index in [0.29, 0.717) is 5.41 Å². The van der Waals surface area contributed by atoms with Gasteiger partial charge in [0, 0.05) is 0 Å². The van der Waals surface area contributed by atoms with Crippen molar-refractivity contribution in [2.75, 3.05) is 6.54 Å². The monoisotopic (exact) mass is 229 g/mol. The van der Waals surface area contributed by atoms with Crippen LogP contribution in [0.25, 0.3) is 0 Å². The third-order valence-corrected chi connectivity index (χ3v) is 13.8. The van der Waals surface area contributed by atoms with Gasteiger partial charge in [-0.3, -0.25) is 0 Å². The first kappa shape index (κ1) is 12.5. The van der Waals surface area contributed by atoms with Crippen LogP contribution in [0.4, 0.5) is 0 Å². The number of hydrogen-bond donors (Lipinski definition) is 0. The first-order valence-electron chi connectivity index (χ1n) is 5.82. The maximum Gasteiger partial charge on any atom is 0.115 e. The van der Waals surface area contributed by atoms with Crippen molar-refractivity contribution in [1.29, 1.82) is 0 Å². The number of nitrogens with zero attached hydrogens (tertiary/aromatic N) is 1. The van der Waals surface area contributed by atoms with Gasteiger partial charge in [0.05, 0.1) is 0 Å². The van der Waals surface area contributed by atoms with E-state index in [1.54, 1.807) is 0 Å². The average Bonchev–Trinajstić information content (AvgIpc) is 2.10. The fourth-order valence-electron chi connectivity index (χ4n) is 2.60. The lowest BCUT2D eigenvalue weighted by Crippen LogP contribution is -2.57. The van der Waals surface area contributed by atoms with Gasteiger partial charge in [-0.05, 0) is 24.0 Å². The predicted molar refractivity (Wildman–Crippen MR) is 70.7 cm³/mol. The van der Waals surface area contributed by atoms with Gasteiger partial charge in [0.25, 0.3) is 0 Å². The third kappa shape index (κ3) is 2.70. The fraction of sp³-hybridized carbons (Fsp3) is 1.00. The van der Waals surface area contributed by atoms with Crippen molar-refractivity contribution >= 4 is 16.5 Å². The van der Waals surface area contributed by atoms with Gasteiger partial charge >= 0.3 is 0 Å². The van der Waals surface area contributed by atoms with E-state index in [-0.39, 0.29) is 0 Å². The van der Waals surface area contributed by atoms with Crippen molar-refractivity contribution in [2.24, 2.45) is 5.41 Å². The molecule has 14 heavy (non-hydrogen) atoms. The van der Waals surface area contributed by atoms with Crippen LogP contribution in [0.5, 0.6) is 0 Å². The first-order chi connectivity index (χ1) is 6.05. The minimum Gasteiger partial charge on any atom is -0.345 e. The molecule has 0 aliphatic carbocycles. The van der Waals surface area contributed by atoms with Crippen LogP contribution in [0.1, 0.15) is 20.8 Å². The van der Waals surface area contributed by atoms with Gasteiger partial charge in [-0.1, -0.05) is 47.0 Å². The van der Waals surface area contributed by atoms with Crippen LogP contribution in [0.15, 0.2) is 0 Å². The van der Waals surface area contributed by atoms with E-state index in [0.717, 1.165) is 0 Å². The SMILES string of the molecule is CC(C)(C)CN1[Si](C)(C)CC[Si]1(C)C. The molecule has 1 aliphatic rings. The quantitative estimate of drug-likeness (QED) is 0.619. The van der Waals surface area contributed by atoms with E-state index >= 15 is 0 Å². The van der Waals surface area contributed by atoms with E-state index in [2.05, 4.69) is 51.2 Å². The summed E-state index contributed by atoms with van der Waals surface area (Å²) >= 11 is 0. The topological polar surface area (TPSA) is 3.24 Å². The largest absolute Gasteiger partial charge is 0.345 e. The molecular weight excluding hydrogens is 202 g/mol. The first-order valence-corrected chi connectivity index (χ1v) is 12.1. The van der Waals surface area contributed by atoms with Crippen molar-refractivity contribution in [2.45, 2.75) is 59.0 Å². The highest BCUT2D eigenvalue weighted by atomic mass is 28.4. The molecule has 0 spiro atoms. The maximum atomic E-state index is 2.97. The Labute approximate surface area is 92.1 Å². The molecule has 3 heteroatoms. The molecule has 0 unspecified atom stereocenters. The van der Waals surface area contributed by atoms with Crippen LogP contribution in [0.2, 0.25) is 38.3 Å². The Morgan fingerprint density at radius 1 is 0.929 bits per heavy atom. The van der Waals surface area contributed by atoms with Crippen LogP contribution >= 0.6 is 0 Å². The Morgan fingerprint density at radius 3 is 1.57 bits per heavy atom. The molecule has 1 saturated heterocycles. The number of rotatable bonds is 1. The van der Waals surface area contributed by atoms with Crippen molar-refractivity contribution < 1.29 is 0 Å². The third-order valence-electron chi connectivity index (χ3n) is 3.44. The molecule has 0 aromatic rings. The van der Waals surface area contributed by atoms with Crippen molar-refractivity contribution in [3.05, 3.63) is 0 Å². The Hall–Kier alpha value is 0.394. The zero-order valence-corrected chi connectivity index (χ0v) is 13.1. The molecule has 0 aromatic carbocycles. The summed E-state index contributed by atoms with van der Waals surface area (Å²) in [6, 6.07) is 3.06. The van der Waals surface area contributed by atoms with Crippen molar-refractivity contribution in [1.82, 2.24) is 4.23 Å². The predicted octanol–water partition coefficient (Wildman–Crippen LogP) is 3.76. The fourth-order valence-corrected chi connectivity index (χ4v) is 17.1. The highest BCUT2D eigenvalue weighted by Crippen LogP contribution is 2.38. The van der Waals surface area contributed by atoms with Crippen molar-refractivity contribution in [3.63, 3.8) is 0 Å². The van der Waals surface area contributed by atoms with E-state index in [4.69, 9.17) is 0 Å². The Morgan fingerprint density at radius 2 is 1.29 bits per heavy atom. The zero-order chi connectivity index (χ0) is 11.2. The van der Waals surface area contributed by atoms with Crippen molar-refractivity contribution in [3.8, 4) is 0 Å². The lowest BCUT2D eigenvalue weighted by atomic mass is 9.98. The van der Waals surface area contributed by atoms with Gasteiger partial charge in [0.1, 0.15) is 16.5 Å². The molecule has 1 fully saturated rings. The van der Waals surface area contributed by atoms with Gasteiger partial charge in [-0.2, -0.15) is 0 Å². The maximum absolute atomic E-state index is 2.97. The second-order valence-corrected chi connectivity index (χ2v) is 17.0. The summed E-state index contributed by atoms with van der Waals surface area (Å²) < 4.78 is 2.97. The van der Waals surface area contributed by atoms with Crippen LogP contribution in [-0.4, -0.2) is 27.2 Å². The summed E-state index contributed by atoms with van der Waals surface area (Å²) in [6.07, 6.45) is 0. The van der Waals surface area contributed by atoms with Gasteiger partial charge < -0.3 is 4.23 Å². The molecule has 1 rings (SSSR count). The molecule has 0 atom stereocenters. The smallest absolute Gasteiger partial charge is 0.115 e. The van der Waals surface area contributed by atoms with Gasteiger partial charge in [-0.15, -0.1) is 0 Å². The van der Waals surface area contributed by atoms with E-state index in [1.165, 1.54) is 18.6 Å². The van der Waals surface area contributed by atoms with E-state index in [9.17, 15) is 0 Å². The summed E-state index contributed by atoms with van der Waals surface area (Å²) in [6.45, 7) is 18.7. The molecule has 0 aromatic heterocycles.